The Morgan fingerprint density at radius 2 is 1.76 bits per heavy atom. The summed E-state index contributed by atoms with van der Waals surface area (Å²) in [7, 11) is -3.47. The van der Waals surface area contributed by atoms with E-state index in [2.05, 4.69) is 16.5 Å². The van der Waals surface area contributed by atoms with Crippen LogP contribution in [0.3, 0.4) is 0 Å². The number of benzene rings is 2. The number of sulfonamides is 1. The molecule has 2 aromatic rings. The monoisotopic (exact) mass is 435 g/mol. The van der Waals surface area contributed by atoms with Crippen LogP contribution in [0, 0.1) is 6.92 Å². The highest BCUT2D eigenvalue weighted by molar-refractivity contribution is 7.92. The van der Waals surface area contributed by atoms with Crippen LogP contribution in [-0.4, -0.2) is 56.6 Å². The van der Waals surface area contributed by atoms with Gasteiger partial charge >= 0.3 is 0 Å². The van der Waals surface area contributed by atoms with Gasteiger partial charge in [-0.3, -0.25) is 14.4 Å². The highest BCUT2D eigenvalue weighted by atomic mass is 35.5. The van der Waals surface area contributed by atoms with Gasteiger partial charge in [0.05, 0.1) is 17.5 Å². The molecule has 1 amide bonds. The zero-order valence-corrected chi connectivity index (χ0v) is 18.4. The van der Waals surface area contributed by atoms with Crippen molar-refractivity contribution < 1.29 is 13.2 Å². The van der Waals surface area contributed by atoms with Crippen molar-refractivity contribution in [3.63, 3.8) is 0 Å². The molecule has 1 heterocycles. The fraction of sp³-hybridized carbons (Fsp3) is 0.381. The van der Waals surface area contributed by atoms with Gasteiger partial charge in [0.1, 0.15) is 0 Å². The summed E-state index contributed by atoms with van der Waals surface area (Å²) in [4.78, 5) is 17.2. The second kappa shape index (κ2) is 8.73. The van der Waals surface area contributed by atoms with Gasteiger partial charge in [-0.15, -0.1) is 0 Å². The molecule has 1 N–H and O–H groups in total. The van der Waals surface area contributed by atoms with Crippen LogP contribution >= 0.6 is 11.6 Å². The lowest BCUT2D eigenvalue weighted by molar-refractivity contribution is 0.0583. The Balaban J connectivity index is 1.72. The van der Waals surface area contributed by atoms with Gasteiger partial charge in [0.15, 0.2) is 0 Å². The smallest absolute Gasteiger partial charge is 0.256 e. The van der Waals surface area contributed by atoms with Crippen LogP contribution in [-0.2, 0) is 10.0 Å². The number of carbonyl (C=O) groups excluding carboxylic acids is 1. The van der Waals surface area contributed by atoms with Crippen LogP contribution < -0.4 is 4.72 Å². The second-order valence-corrected chi connectivity index (χ2v) is 9.60. The van der Waals surface area contributed by atoms with E-state index in [-0.39, 0.29) is 11.9 Å². The average molecular weight is 436 g/mol. The van der Waals surface area contributed by atoms with E-state index in [1.54, 1.807) is 23.1 Å². The molecular formula is C21H26ClN3O3S. The molecule has 29 heavy (non-hydrogen) atoms. The highest BCUT2D eigenvalue weighted by Gasteiger charge is 2.27. The number of halogens is 1. The first-order chi connectivity index (χ1) is 13.7. The van der Waals surface area contributed by atoms with Crippen molar-refractivity contribution in [2.24, 2.45) is 0 Å². The van der Waals surface area contributed by atoms with Gasteiger partial charge in [-0.25, -0.2) is 8.42 Å². The molecule has 0 aromatic heterocycles. The summed E-state index contributed by atoms with van der Waals surface area (Å²) >= 11 is 6.34. The van der Waals surface area contributed by atoms with E-state index in [1.807, 2.05) is 31.2 Å². The predicted octanol–water partition coefficient (Wildman–Crippen LogP) is 3.54. The van der Waals surface area contributed by atoms with E-state index >= 15 is 0 Å². The Morgan fingerprint density at radius 1 is 1.10 bits per heavy atom. The summed E-state index contributed by atoms with van der Waals surface area (Å²) in [5, 5.41) is 0.745. The molecule has 1 unspecified atom stereocenters. The zero-order valence-electron chi connectivity index (χ0n) is 16.9. The highest BCUT2D eigenvalue weighted by Crippen LogP contribution is 2.28. The number of piperazine rings is 1. The lowest BCUT2D eigenvalue weighted by Gasteiger charge is -2.38. The van der Waals surface area contributed by atoms with Crippen LogP contribution in [0.5, 0.6) is 0 Å². The van der Waals surface area contributed by atoms with Gasteiger partial charge < -0.3 is 4.90 Å². The third kappa shape index (κ3) is 5.29. The largest absolute Gasteiger partial charge is 0.336 e. The molecule has 3 rings (SSSR count). The number of amides is 1. The van der Waals surface area contributed by atoms with E-state index in [9.17, 15) is 13.2 Å². The van der Waals surface area contributed by atoms with Crippen LogP contribution in [0.4, 0.5) is 5.69 Å². The fourth-order valence-electron chi connectivity index (χ4n) is 3.62. The van der Waals surface area contributed by atoms with Gasteiger partial charge in [-0.05, 0) is 37.6 Å². The van der Waals surface area contributed by atoms with E-state index in [1.165, 1.54) is 0 Å². The number of carbonyl (C=O) groups is 1. The predicted molar refractivity (Wildman–Crippen MR) is 117 cm³/mol. The maximum atomic E-state index is 13.1. The van der Waals surface area contributed by atoms with Crippen LogP contribution in [0.15, 0.2) is 42.5 Å². The van der Waals surface area contributed by atoms with Gasteiger partial charge in [0, 0.05) is 37.2 Å². The maximum absolute atomic E-state index is 13.1. The molecule has 0 saturated carbocycles. The van der Waals surface area contributed by atoms with Crippen LogP contribution in [0.25, 0.3) is 0 Å². The van der Waals surface area contributed by atoms with Crippen molar-refractivity contribution in [3.8, 4) is 0 Å². The molecular weight excluding hydrogens is 410 g/mol. The third-order valence-corrected chi connectivity index (χ3v) is 6.14. The molecule has 6 nitrogen and oxygen atoms in total. The second-order valence-electron chi connectivity index (χ2n) is 7.45. The average Bonchev–Trinajstić information content (AvgIpc) is 2.68. The number of nitrogens with zero attached hydrogens (tertiary/aromatic N) is 2. The van der Waals surface area contributed by atoms with Gasteiger partial charge in [0.2, 0.25) is 10.0 Å². The quantitative estimate of drug-likeness (QED) is 0.779. The molecule has 0 bridgehead atoms. The van der Waals surface area contributed by atoms with Gasteiger partial charge in [-0.2, -0.15) is 0 Å². The summed E-state index contributed by atoms with van der Waals surface area (Å²) in [5.41, 5.74) is 2.67. The zero-order chi connectivity index (χ0) is 21.2. The molecule has 1 fully saturated rings. The number of nitrogens with one attached hydrogen (secondary N) is 1. The third-order valence-electron chi connectivity index (χ3n) is 5.21. The maximum Gasteiger partial charge on any atom is 0.256 e. The lowest BCUT2D eigenvalue weighted by Crippen LogP contribution is -2.49. The summed E-state index contributed by atoms with van der Waals surface area (Å²) in [6, 6.07) is 13.1. The summed E-state index contributed by atoms with van der Waals surface area (Å²) < 4.78 is 25.8. The first-order valence-electron chi connectivity index (χ1n) is 9.52. The number of hydrogen-bond acceptors (Lipinski definition) is 4. The van der Waals surface area contributed by atoms with E-state index in [0.717, 1.165) is 35.5 Å². The SMILES string of the molecule is Cc1ccc(NS(C)(=O)=O)c(C(=O)N2CCN(C(C)c3ccccc3Cl)CC2)c1. The van der Waals surface area contributed by atoms with Crippen molar-refractivity contribution in [2.75, 3.05) is 37.2 Å². The van der Waals surface area contributed by atoms with Crippen LogP contribution in [0.2, 0.25) is 5.02 Å². The molecule has 1 atom stereocenters. The van der Waals surface area contributed by atoms with Crippen molar-refractivity contribution in [2.45, 2.75) is 19.9 Å². The first-order valence-corrected chi connectivity index (χ1v) is 11.8. The minimum atomic E-state index is -3.47. The Bertz CT molecular complexity index is 1000. The molecule has 8 heteroatoms. The standard InChI is InChI=1S/C21H26ClN3O3S/c1-15-8-9-20(23-29(3,27)28)18(14-15)21(26)25-12-10-24(11-13-25)16(2)17-6-4-5-7-19(17)22/h4-9,14,16,23H,10-13H2,1-3H3. The van der Waals surface area contributed by atoms with Crippen molar-refractivity contribution >= 4 is 33.2 Å². The Hall–Kier alpha value is -2.09. The number of hydrogen-bond donors (Lipinski definition) is 1. The Kier molecular flexibility index (Phi) is 6.51. The molecule has 1 aliphatic heterocycles. The van der Waals surface area contributed by atoms with E-state index < -0.39 is 10.0 Å². The molecule has 0 spiro atoms. The van der Waals surface area contributed by atoms with Crippen LogP contribution in [0.1, 0.15) is 34.5 Å². The number of rotatable bonds is 5. The fourth-order valence-corrected chi connectivity index (χ4v) is 4.49. The minimum Gasteiger partial charge on any atom is -0.336 e. The number of anilines is 1. The molecule has 0 aliphatic carbocycles. The summed E-state index contributed by atoms with van der Waals surface area (Å²) in [5.74, 6) is -0.162. The van der Waals surface area contributed by atoms with Gasteiger partial charge in [-0.1, -0.05) is 41.4 Å². The van der Waals surface area contributed by atoms with E-state index in [4.69, 9.17) is 11.6 Å². The van der Waals surface area contributed by atoms with Crippen molar-refractivity contribution in [1.82, 2.24) is 9.80 Å². The molecule has 0 radical (unpaired) electrons. The number of aryl methyl sites for hydroxylation is 1. The van der Waals surface area contributed by atoms with Gasteiger partial charge in [0.25, 0.3) is 5.91 Å². The lowest BCUT2D eigenvalue weighted by atomic mass is 10.1. The molecule has 156 valence electrons. The van der Waals surface area contributed by atoms with Crippen molar-refractivity contribution in [3.05, 3.63) is 64.2 Å². The van der Waals surface area contributed by atoms with Crippen molar-refractivity contribution in [1.29, 1.82) is 0 Å². The molecule has 1 saturated heterocycles. The minimum absolute atomic E-state index is 0.155. The Morgan fingerprint density at radius 3 is 2.38 bits per heavy atom. The normalized spacial score (nSPS) is 16.5. The summed E-state index contributed by atoms with van der Waals surface area (Å²) in [6.45, 7) is 6.58. The molecule has 2 aromatic carbocycles. The van der Waals surface area contributed by atoms with E-state index in [0.29, 0.717) is 24.3 Å². The summed E-state index contributed by atoms with van der Waals surface area (Å²) in [6.07, 6.45) is 1.08. The topological polar surface area (TPSA) is 69.7 Å². The molecule has 1 aliphatic rings. The first kappa shape index (κ1) is 21.6. The Labute approximate surface area is 177 Å².